The van der Waals surface area contributed by atoms with Crippen molar-refractivity contribution in [1.29, 1.82) is 0 Å². The Balaban J connectivity index is 2.19. The number of thiophene rings is 1. The molecule has 0 saturated heterocycles. The smallest absolute Gasteiger partial charge is 0.272 e. The number of anilines is 1. The number of rotatable bonds is 6. The van der Waals surface area contributed by atoms with E-state index in [4.69, 9.17) is 5.11 Å². The molecule has 0 aliphatic heterocycles. The van der Waals surface area contributed by atoms with Crippen LogP contribution in [0.15, 0.2) is 35.7 Å². The molecule has 2 rings (SSSR count). The van der Waals surface area contributed by atoms with E-state index in [1.165, 1.54) is 6.07 Å². The number of hydrogen-bond acceptors (Lipinski definition) is 5. The topological polar surface area (TPSA) is 75.4 Å². The van der Waals surface area contributed by atoms with Gasteiger partial charge < -0.3 is 10.4 Å². The highest BCUT2D eigenvalue weighted by Crippen LogP contribution is 2.28. The Labute approximate surface area is 121 Å². The van der Waals surface area contributed by atoms with Crippen LogP contribution in [0.2, 0.25) is 0 Å². The summed E-state index contributed by atoms with van der Waals surface area (Å²) in [6.45, 7) is 1.80. The Kier molecular flexibility index (Phi) is 4.70. The van der Waals surface area contributed by atoms with Gasteiger partial charge in [-0.1, -0.05) is 6.07 Å². The number of nitro groups is 1. The maximum absolute atomic E-state index is 10.8. The van der Waals surface area contributed by atoms with Crippen molar-refractivity contribution in [3.8, 4) is 0 Å². The first-order valence-electron chi connectivity index (χ1n) is 6.27. The quantitative estimate of drug-likeness (QED) is 0.631. The molecule has 0 spiro atoms. The molecule has 6 heteroatoms. The molecular formula is C14H16N2O3S. The minimum Gasteiger partial charge on any atom is -0.396 e. The third-order valence-corrected chi connectivity index (χ3v) is 4.02. The Morgan fingerprint density at radius 1 is 1.45 bits per heavy atom. The molecule has 1 aromatic carbocycles. The second kappa shape index (κ2) is 6.49. The van der Waals surface area contributed by atoms with Crippen molar-refractivity contribution in [1.82, 2.24) is 0 Å². The van der Waals surface area contributed by atoms with Gasteiger partial charge in [0.2, 0.25) is 0 Å². The molecule has 1 atom stereocenters. The fourth-order valence-electron chi connectivity index (χ4n) is 2.06. The molecule has 2 aromatic rings. The molecule has 0 bridgehead atoms. The maximum Gasteiger partial charge on any atom is 0.272 e. The molecule has 1 unspecified atom stereocenters. The zero-order chi connectivity index (χ0) is 14.5. The lowest BCUT2D eigenvalue weighted by Crippen LogP contribution is -2.11. The van der Waals surface area contributed by atoms with Gasteiger partial charge in [0.1, 0.15) is 0 Å². The highest BCUT2D eigenvalue weighted by Gasteiger charge is 2.14. The molecule has 0 radical (unpaired) electrons. The third kappa shape index (κ3) is 3.34. The lowest BCUT2D eigenvalue weighted by atomic mass is 10.1. The molecule has 0 saturated carbocycles. The summed E-state index contributed by atoms with van der Waals surface area (Å²) in [7, 11) is 0. The van der Waals surface area contributed by atoms with Crippen molar-refractivity contribution >= 4 is 22.7 Å². The van der Waals surface area contributed by atoms with Gasteiger partial charge in [-0.3, -0.25) is 10.1 Å². The second-order valence-corrected chi connectivity index (χ2v) is 5.46. The van der Waals surface area contributed by atoms with Gasteiger partial charge in [-0.25, -0.2) is 0 Å². The molecule has 1 aromatic heterocycles. The largest absolute Gasteiger partial charge is 0.396 e. The Morgan fingerprint density at radius 3 is 2.80 bits per heavy atom. The standard InChI is InChI=1S/C14H16N2O3S/c1-10-9-11(4-5-13(10)16(18)19)15-12(6-7-17)14-3-2-8-20-14/h2-5,8-9,12,15,17H,6-7H2,1H3. The number of aliphatic hydroxyl groups is 1. The maximum atomic E-state index is 10.8. The van der Waals surface area contributed by atoms with Crippen LogP contribution < -0.4 is 5.32 Å². The summed E-state index contributed by atoms with van der Waals surface area (Å²) in [5.41, 5.74) is 1.55. The van der Waals surface area contributed by atoms with E-state index in [9.17, 15) is 10.1 Å². The number of benzene rings is 1. The molecule has 2 N–H and O–H groups in total. The van der Waals surface area contributed by atoms with E-state index in [2.05, 4.69) is 5.32 Å². The summed E-state index contributed by atoms with van der Waals surface area (Å²) in [6.07, 6.45) is 0.594. The second-order valence-electron chi connectivity index (χ2n) is 4.48. The lowest BCUT2D eigenvalue weighted by Gasteiger charge is -2.18. The van der Waals surface area contributed by atoms with Crippen LogP contribution in [0.1, 0.15) is 22.9 Å². The zero-order valence-corrected chi connectivity index (χ0v) is 11.9. The van der Waals surface area contributed by atoms with Gasteiger partial charge in [0.25, 0.3) is 5.69 Å². The molecule has 106 valence electrons. The first-order chi connectivity index (χ1) is 9.61. The monoisotopic (exact) mass is 292 g/mol. The van der Waals surface area contributed by atoms with Crippen LogP contribution in [-0.2, 0) is 0 Å². The van der Waals surface area contributed by atoms with Crippen molar-refractivity contribution < 1.29 is 10.0 Å². The van der Waals surface area contributed by atoms with E-state index < -0.39 is 0 Å². The van der Waals surface area contributed by atoms with E-state index >= 15 is 0 Å². The molecule has 20 heavy (non-hydrogen) atoms. The van der Waals surface area contributed by atoms with Crippen LogP contribution in [0.25, 0.3) is 0 Å². The first-order valence-corrected chi connectivity index (χ1v) is 7.15. The van der Waals surface area contributed by atoms with E-state index in [0.717, 1.165) is 10.6 Å². The number of hydrogen-bond donors (Lipinski definition) is 2. The minimum absolute atomic E-state index is 0.0147. The van der Waals surface area contributed by atoms with Crippen LogP contribution in [0.3, 0.4) is 0 Å². The number of aliphatic hydroxyl groups excluding tert-OH is 1. The number of nitro benzene ring substituents is 1. The predicted octanol–water partition coefficient (Wildman–Crippen LogP) is 3.50. The molecule has 0 amide bonds. The van der Waals surface area contributed by atoms with Gasteiger partial charge in [0.15, 0.2) is 0 Å². The van der Waals surface area contributed by atoms with Gasteiger partial charge in [0.05, 0.1) is 11.0 Å². The van der Waals surface area contributed by atoms with E-state index in [-0.39, 0.29) is 23.3 Å². The summed E-state index contributed by atoms with van der Waals surface area (Å²) < 4.78 is 0. The van der Waals surface area contributed by atoms with E-state index in [1.807, 2.05) is 17.5 Å². The molecule has 5 nitrogen and oxygen atoms in total. The van der Waals surface area contributed by atoms with Crippen LogP contribution in [-0.4, -0.2) is 16.6 Å². The Bertz CT molecular complexity index is 584. The first kappa shape index (κ1) is 14.5. The summed E-state index contributed by atoms with van der Waals surface area (Å²) in [4.78, 5) is 11.5. The van der Waals surface area contributed by atoms with Gasteiger partial charge in [-0.2, -0.15) is 0 Å². The molecular weight excluding hydrogens is 276 g/mol. The van der Waals surface area contributed by atoms with Crippen molar-refractivity contribution in [3.63, 3.8) is 0 Å². The summed E-state index contributed by atoms with van der Waals surface area (Å²) in [5.74, 6) is 0. The van der Waals surface area contributed by atoms with Gasteiger partial charge in [-0.15, -0.1) is 11.3 Å². The molecule has 0 aliphatic rings. The number of nitrogens with one attached hydrogen (secondary N) is 1. The zero-order valence-electron chi connectivity index (χ0n) is 11.1. The van der Waals surface area contributed by atoms with Crippen molar-refractivity contribution in [2.75, 3.05) is 11.9 Å². The van der Waals surface area contributed by atoms with Crippen molar-refractivity contribution in [2.45, 2.75) is 19.4 Å². The van der Waals surface area contributed by atoms with E-state index in [0.29, 0.717) is 12.0 Å². The average Bonchev–Trinajstić information content (AvgIpc) is 2.91. The minimum atomic E-state index is -0.385. The van der Waals surface area contributed by atoms with Crippen LogP contribution in [0.5, 0.6) is 0 Å². The Morgan fingerprint density at radius 2 is 2.25 bits per heavy atom. The van der Waals surface area contributed by atoms with Gasteiger partial charge >= 0.3 is 0 Å². The van der Waals surface area contributed by atoms with E-state index in [1.54, 1.807) is 30.4 Å². The van der Waals surface area contributed by atoms with Crippen LogP contribution >= 0.6 is 11.3 Å². The fraction of sp³-hybridized carbons (Fsp3) is 0.286. The summed E-state index contributed by atoms with van der Waals surface area (Å²) in [5, 5.41) is 25.3. The number of nitrogens with zero attached hydrogens (tertiary/aromatic N) is 1. The molecule has 0 aliphatic carbocycles. The normalized spacial score (nSPS) is 12.1. The van der Waals surface area contributed by atoms with Crippen molar-refractivity contribution in [3.05, 3.63) is 56.3 Å². The lowest BCUT2D eigenvalue weighted by molar-refractivity contribution is -0.385. The average molecular weight is 292 g/mol. The van der Waals surface area contributed by atoms with Gasteiger partial charge in [0, 0.05) is 28.8 Å². The predicted molar refractivity (Wildman–Crippen MR) is 80.2 cm³/mol. The van der Waals surface area contributed by atoms with Gasteiger partial charge in [-0.05, 0) is 36.9 Å². The molecule has 1 heterocycles. The third-order valence-electron chi connectivity index (χ3n) is 3.04. The van der Waals surface area contributed by atoms with Crippen molar-refractivity contribution in [2.24, 2.45) is 0 Å². The highest BCUT2D eigenvalue weighted by atomic mass is 32.1. The summed E-state index contributed by atoms with van der Waals surface area (Å²) in [6, 6.07) is 8.95. The fourth-order valence-corrected chi connectivity index (χ4v) is 2.87. The SMILES string of the molecule is Cc1cc(NC(CCO)c2cccs2)ccc1[N+](=O)[O-]. The van der Waals surface area contributed by atoms with Crippen LogP contribution in [0.4, 0.5) is 11.4 Å². The summed E-state index contributed by atoms with van der Waals surface area (Å²) >= 11 is 1.62. The molecule has 0 fully saturated rings. The highest BCUT2D eigenvalue weighted by molar-refractivity contribution is 7.10. The number of aryl methyl sites for hydroxylation is 1. The van der Waals surface area contributed by atoms with Crippen LogP contribution in [0, 0.1) is 17.0 Å². The Hall–Kier alpha value is -1.92.